The first kappa shape index (κ1) is 16.3. The molecule has 1 aromatic carbocycles. The van der Waals surface area contributed by atoms with Crippen molar-refractivity contribution in [3.8, 4) is 6.07 Å². The molecule has 0 saturated heterocycles. The number of halogens is 1. The standard InChI is InChI=1S/C17H21ClN2/c18-17-12-6-5-11-16(17)10-4-3-9-15(14-20)8-2-1-7-13-19/h3,5-6,9,11-12,14H,1-2,4,7-8,10,20H2/b9-3-,15-14-. The van der Waals surface area contributed by atoms with Gasteiger partial charge < -0.3 is 5.73 Å². The largest absolute Gasteiger partial charge is 0.404 e. The quantitative estimate of drug-likeness (QED) is 0.554. The maximum atomic E-state index is 8.48. The molecule has 0 spiro atoms. The highest BCUT2D eigenvalue weighted by Gasteiger charge is 1.97. The molecule has 0 aromatic heterocycles. The minimum absolute atomic E-state index is 0.619. The normalized spacial score (nSPS) is 11.7. The van der Waals surface area contributed by atoms with Gasteiger partial charge in [0.25, 0.3) is 0 Å². The van der Waals surface area contributed by atoms with Crippen LogP contribution in [0.4, 0.5) is 0 Å². The topological polar surface area (TPSA) is 49.8 Å². The molecule has 0 aliphatic heterocycles. The zero-order valence-corrected chi connectivity index (χ0v) is 12.4. The molecular weight excluding hydrogens is 268 g/mol. The summed E-state index contributed by atoms with van der Waals surface area (Å²) in [6.45, 7) is 0. The molecule has 0 fully saturated rings. The van der Waals surface area contributed by atoms with Crippen LogP contribution in [0.25, 0.3) is 0 Å². The summed E-state index contributed by atoms with van der Waals surface area (Å²) in [7, 11) is 0. The summed E-state index contributed by atoms with van der Waals surface area (Å²) in [5.41, 5.74) is 7.90. The molecule has 0 radical (unpaired) electrons. The Labute approximate surface area is 126 Å². The van der Waals surface area contributed by atoms with Crippen molar-refractivity contribution in [2.75, 3.05) is 0 Å². The molecule has 106 valence electrons. The Bertz CT molecular complexity index is 498. The van der Waals surface area contributed by atoms with Crippen LogP contribution in [-0.4, -0.2) is 0 Å². The predicted octanol–water partition coefficient (Wildman–Crippen LogP) is 4.76. The third-order valence-electron chi connectivity index (χ3n) is 3.09. The molecule has 0 aliphatic rings. The maximum Gasteiger partial charge on any atom is 0.0621 e. The first-order chi connectivity index (χ1) is 9.77. The zero-order valence-electron chi connectivity index (χ0n) is 11.7. The second kappa shape index (κ2) is 10.1. The van der Waals surface area contributed by atoms with Gasteiger partial charge in [0, 0.05) is 11.4 Å². The monoisotopic (exact) mass is 288 g/mol. The molecule has 1 aromatic rings. The second-order valence-corrected chi connectivity index (χ2v) is 5.05. The molecule has 0 bridgehead atoms. The maximum absolute atomic E-state index is 8.48. The average Bonchev–Trinajstić information content (AvgIpc) is 2.47. The van der Waals surface area contributed by atoms with Crippen molar-refractivity contribution in [1.29, 1.82) is 5.26 Å². The molecule has 20 heavy (non-hydrogen) atoms. The first-order valence-electron chi connectivity index (χ1n) is 6.95. The van der Waals surface area contributed by atoms with Gasteiger partial charge in [-0.1, -0.05) is 42.0 Å². The van der Waals surface area contributed by atoms with Crippen LogP contribution in [0.2, 0.25) is 5.02 Å². The number of unbranched alkanes of at least 4 members (excludes halogenated alkanes) is 2. The van der Waals surface area contributed by atoms with E-state index in [9.17, 15) is 0 Å². The molecule has 0 aliphatic carbocycles. The fourth-order valence-electron chi connectivity index (χ4n) is 1.93. The van der Waals surface area contributed by atoms with Gasteiger partial charge in [0.05, 0.1) is 6.07 Å². The van der Waals surface area contributed by atoms with E-state index in [0.717, 1.165) is 42.7 Å². The molecule has 2 nitrogen and oxygen atoms in total. The average molecular weight is 289 g/mol. The number of hydrogen-bond donors (Lipinski definition) is 1. The van der Waals surface area contributed by atoms with Gasteiger partial charge >= 0.3 is 0 Å². The molecule has 0 saturated carbocycles. The first-order valence-corrected chi connectivity index (χ1v) is 7.33. The van der Waals surface area contributed by atoms with Gasteiger partial charge in [-0.3, -0.25) is 0 Å². The van der Waals surface area contributed by atoms with Crippen LogP contribution in [-0.2, 0) is 6.42 Å². The van der Waals surface area contributed by atoms with Crippen molar-refractivity contribution in [2.45, 2.75) is 38.5 Å². The van der Waals surface area contributed by atoms with Crippen molar-refractivity contribution in [1.82, 2.24) is 0 Å². The lowest BCUT2D eigenvalue weighted by atomic mass is 10.1. The Morgan fingerprint density at radius 3 is 2.80 bits per heavy atom. The van der Waals surface area contributed by atoms with Gasteiger partial charge in [-0.25, -0.2) is 0 Å². The number of aryl methyl sites for hydroxylation is 1. The zero-order chi connectivity index (χ0) is 14.6. The molecule has 0 atom stereocenters. The Hall–Kier alpha value is -1.72. The van der Waals surface area contributed by atoms with E-state index in [2.05, 4.69) is 24.3 Å². The van der Waals surface area contributed by atoms with Crippen molar-refractivity contribution >= 4 is 11.6 Å². The Morgan fingerprint density at radius 2 is 2.10 bits per heavy atom. The highest BCUT2D eigenvalue weighted by Crippen LogP contribution is 2.17. The number of nitriles is 1. The highest BCUT2D eigenvalue weighted by molar-refractivity contribution is 6.31. The lowest BCUT2D eigenvalue weighted by molar-refractivity contribution is 0.753. The Morgan fingerprint density at radius 1 is 1.30 bits per heavy atom. The van der Waals surface area contributed by atoms with Crippen LogP contribution in [0.3, 0.4) is 0 Å². The van der Waals surface area contributed by atoms with Crippen molar-refractivity contribution in [3.05, 3.63) is 58.8 Å². The number of nitrogens with zero attached hydrogens (tertiary/aromatic N) is 1. The van der Waals surface area contributed by atoms with E-state index in [1.807, 2.05) is 18.2 Å². The van der Waals surface area contributed by atoms with Crippen LogP contribution in [0, 0.1) is 11.3 Å². The molecule has 2 N–H and O–H groups in total. The van der Waals surface area contributed by atoms with Crippen molar-refractivity contribution in [2.24, 2.45) is 5.73 Å². The lowest BCUT2D eigenvalue weighted by Gasteiger charge is -2.02. The van der Waals surface area contributed by atoms with Gasteiger partial charge in [-0.05, 0) is 55.5 Å². The fourth-order valence-corrected chi connectivity index (χ4v) is 2.16. The minimum atomic E-state index is 0.619. The third kappa shape index (κ3) is 6.45. The van der Waals surface area contributed by atoms with E-state index >= 15 is 0 Å². The van der Waals surface area contributed by atoms with E-state index in [4.69, 9.17) is 22.6 Å². The number of hydrogen-bond acceptors (Lipinski definition) is 2. The SMILES string of the molecule is N#CCCCCC(/C=C\CCc1ccccc1Cl)=C/N. The molecule has 0 heterocycles. The number of nitrogens with two attached hydrogens (primary N) is 1. The summed E-state index contributed by atoms with van der Waals surface area (Å²) in [5.74, 6) is 0. The molecule has 3 heteroatoms. The Kier molecular flexibility index (Phi) is 8.26. The highest BCUT2D eigenvalue weighted by atomic mass is 35.5. The number of benzene rings is 1. The van der Waals surface area contributed by atoms with Gasteiger partial charge in [0.2, 0.25) is 0 Å². The van der Waals surface area contributed by atoms with Gasteiger partial charge in [0.1, 0.15) is 0 Å². The fraction of sp³-hybridized carbons (Fsp3) is 0.353. The minimum Gasteiger partial charge on any atom is -0.404 e. The summed E-state index contributed by atoms with van der Waals surface area (Å²) < 4.78 is 0. The lowest BCUT2D eigenvalue weighted by Crippen LogP contribution is -1.88. The van der Waals surface area contributed by atoms with E-state index in [1.54, 1.807) is 6.20 Å². The summed E-state index contributed by atoms with van der Waals surface area (Å²) >= 11 is 6.11. The number of allylic oxidation sites excluding steroid dienone is 3. The van der Waals surface area contributed by atoms with Crippen molar-refractivity contribution < 1.29 is 0 Å². The van der Waals surface area contributed by atoms with Crippen LogP contribution in [0.1, 0.15) is 37.7 Å². The molecule has 0 unspecified atom stereocenters. The van der Waals surface area contributed by atoms with Crippen LogP contribution >= 0.6 is 11.6 Å². The summed E-state index contributed by atoms with van der Waals surface area (Å²) in [5, 5.41) is 9.30. The molecule has 1 rings (SSSR count). The van der Waals surface area contributed by atoms with E-state index < -0.39 is 0 Å². The van der Waals surface area contributed by atoms with Gasteiger partial charge in [-0.2, -0.15) is 5.26 Å². The van der Waals surface area contributed by atoms with Gasteiger partial charge in [-0.15, -0.1) is 0 Å². The van der Waals surface area contributed by atoms with E-state index in [0.29, 0.717) is 6.42 Å². The van der Waals surface area contributed by atoms with E-state index in [1.165, 1.54) is 5.56 Å². The molecule has 0 amide bonds. The third-order valence-corrected chi connectivity index (χ3v) is 3.46. The molecular formula is C17H21ClN2. The van der Waals surface area contributed by atoms with E-state index in [-0.39, 0.29) is 0 Å². The Balaban J connectivity index is 2.32. The van der Waals surface area contributed by atoms with Crippen LogP contribution < -0.4 is 5.73 Å². The summed E-state index contributed by atoms with van der Waals surface area (Å²) in [6.07, 6.45) is 11.2. The van der Waals surface area contributed by atoms with Crippen molar-refractivity contribution in [3.63, 3.8) is 0 Å². The summed E-state index contributed by atoms with van der Waals surface area (Å²) in [4.78, 5) is 0. The van der Waals surface area contributed by atoms with Crippen LogP contribution in [0.15, 0.2) is 48.2 Å². The smallest absolute Gasteiger partial charge is 0.0621 e. The number of rotatable bonds is 8. The second-order valence-electron chi connectivity index (χ2n) is 4.64. The predicted molar refractivity (Wildman–Crippen MR) is 85.3 cm³/mol. The summed E-state index contributed by atoms with van der Waals surface area (Å²) in [6, 6.07) is 10.1. The van der Waals surface area contributed by atoms with Gasteiger partial charge in [0.15, 0.2) is 0 Å². The van der Waals surface area contributed by atoms with Crippen LogP contribution in [0.5, 0.6) is 0 Å².